The summed E-state index contributed by atoms with van der Waals surface area (Å²) in [4.78, 5) is 11.8. The van der Waals surface area contributed by atoms with E-state index in [9.17, 15) is 4.79 Å². The molecule has 0 aliphatic carbocycles. The summed E-state index contributed by atoms with van der Waals surface area (Å²) < 4.78 is 5.11. The van der Waals surface area contributed by atoms with Gasteiger partial charge >= 0.3 is 6.09 Å². The van der Waals surface area contributed by atoms with Gasteiger partial charge in [-0.05, 0) is 40.0 Å². The van der Waals surface area contributed by atoms with Crippen molar-refractivity contribution in [1.29, 1.82) is 0 Å². The van der Waals surface area contributed by atoms with Crippen molar-refractivity contribution in [3.05, 3.63) is 0 Å². The highest BCUT2D eigenvalue weighted by atomic mass is 79.9. The number of carbonyl (C=O) groups is 1. The predicted molar refractivity (Wildman–Crippen MR) is 66.5 cm³/mol. The van der Waals surface area contributed by atoms with Crippen LogP contribution < -0.4 is 5.32 Å². The molecule has 0 heterocycles. The maximum absolute atomic E-state index is 11.2. The molecule has 0 spiro atoms. The molecule has 4 heteroatoms. The third kappa shape index (κ3) is 10.0. The molecule has 0 saturated carbocycles. The molecular formula is C11H22BrNO2. The lowest BCUT2D eigenvalue weighted by molar-refractivity contribution is 0.0527. The van der Waals surface area contributed by atoms with Gasteiger partial charge in [0.05, 0.1) is 0 Å². The first kappa shape index (κ1) is 14.8. The van der Waals surface area contributed by atoms with E-state index in [-0.39, 0.29) is 6.09 Å². The number of alkyl carbamates (subject to hydrolysis) is 1. The Bertz CT molecular complexity index is 190. The number of nitrogens with one attached hydrogen (secondary N) is 1. The van der Waals surface area contributed by atoms with Crippen molar-refractivity contribution in [3.8, 4) is 0 Å². The van der Waals surface area contributed by atoms with Crippen LogP contribution in [0.2, 0.25) is 0 Å². The third-order valence-electron chi connectivity index (χ3n) is 1.81. The molecule has 0 saturated heterocycles. The van der Waals surface area contributed by atoms with Gasteiger partial charge in [0.15, 0.2) is 0 Å². The Balaban J connectivity index is 3.48. The van der Waals surface area contributed by atoms with Gasteiger partial charge in [0, 0.05) is 11.4 Å². The highest BCUT2D eigenvalue weighted by Crippen LogP contribution is 2.11. The van der Waals surface area contributed by atoms with Gasteiger partial charge in [0.2, 0.25) is 0 Å². The number of amides is 1. The number of hydrogen-bond donors (Lipinski definition) is 1. The quantitative estimate of drug-likeness (QED) is 0.618. The third-order valence-corrected chi connectivity index (χ3v) is 2.91. The van der Waals surface area contributed by atoms with Crippen molar-refractivity contribution in [2.45, 2.75) is 57.4 Å². The van der Waals surface area contributed by atoms with Crippen LogP contribution in [0.3, 0.4) is 0 Å². The van der Waals surface area contributed by atoms with E-state index in [0.717, 1.165) is 19.3 Å². The number of ether oxygens (including phenoxy) is 1. The van der Waals surface area contributed by atoms with Gasteiger partial charge in [-0.1, -0.05) is 22.9 Å². The van der Waals surface area contributed by atoms with Gasteiger partial charge < -0.3 is 10.1 Å². The zero-order chi connectivity index (χ0) is 11.9. The summed E-state index contributed by atoms with van der Waals surface area (Å²) in [6, 6.07) is 0. The van der Waals surface area contributed by atoms with Crippen molar-refractivity contribution < 1.29 is 9.53 Å². The van der Waals surface area contributed by atoms with Crippen LogP contribution in [0.1, 0.15) is 47.0 Å². The van der Waals surface area contributed by atoms with Crippen molar-refractivity contribution >= 4 is 22.0 Å². The van der Waals surface area contributed by atoms with Gasteiger partial charge in [0.25, 0.3) is 0 Å². The topological polar surface area (TPSA) is 38.3 Å². The molecule has 0 aromatic rings. The van der Waals surface area contributed by atoms with Gasteiger partial charge in [-0.15, -0.1) is 0 Å². The van der Waals surface area contributed by atoms with Crippen molar-refractivity contribution in [2.24, 2.45) is 0 Å². The minimum absolute atomic E-state index is 0.329. The van der Waals surface area contributed by atoms with Gasteiger partial charge in [-0.2, -0.15) is 0 Å². The number of hydrogen-bond acceptors (Lipinski definition) is 2. The van der Waals surface area contributed by atoms with E-state index in [4.69, 9.17) is 4.74 Å². The number of rotatable bonds is 5. The Morgan fingerprint density at radius 2 is 2.07 bits per heavy atom. The number of alkyl halides is 1. The molecule has 0 radical (unpaired) electrons. The SMILES string of the molecule is CCC(Br)CCCNC(=O)OC(C)(C)C. The zero-order valence-corrected chi connectivity index (χ0v) is 11.7. The molecule has 1 unspecified atom stereocenters. The summed E-state index contributed by atoms with van der Waals surface area (Å²) >= 11 is 3.55. The van der Waals surface area contributed by atoms with Crippen LogP contribution in [0.15, 0.2) is 0 Å². The molecule has 0 aliphatic heterocycles. The van der Waals surface area contributed by atoms with E-state index in [1.165, 1.54) is 0 Å². The van der Waals surface area contributed by atoms with E-state index in [1.807, 2.05) is 20.8 Å². The van der Waals surface area contributed by atoms with E-state index in [0.29, 0.717) is 11.4 Å². The molecule has 1 amide bonds. The van der Waals surface area contributed by atoms with Crippen molar-refractivity contribution in [2.75, 3.05) is 6.54 Å². The smallest absolute Gasteiger partial charge is 0.407 e. The first-order valence-corrected chi connectivity index (χ1v) is 6.37. The molecule has 0 bridgehead atoms. The first-order chi connectivity index (χ1) is 6.85. The Labute approximate surface area is 101 Å². The largest absolute Gasteiger partial charge is 0.444 e. The zero-order valence-electron chi connectivity index (χ0n) is 10.1. The Morgan fingerprint density at radius 3 is 2.53 bits per heavy atom. The fraction of sp³-hybridized carbons (Fsp3) is 0.909. The van der Waals surface area contributed by atoms with Gasteiger partial charge in [0.1, 0.15) is 5.60 Å². The summed E-state index contributed by atoms with van der Waals surface area (Å²) in [6.07, 6.45) is 2.84. The normalized spacial score (nSPS) is 13.4. The Kier molecular flexibility index (Phi) is 6.98. The number of halogens is 1. The lowest BCUT2D eigenvalue weighted by Crippen LogP contribution is -2.33. The minimum Gasteiger partial charge on any atom is -0.444 e. The van der Waals surface area contributed by atoms with Crippen LogP contribution in [0.4, 0.5) is 4.79 Å². The van der Waals surface area contributed by atoms with Crippen LogP contribution in [0.25, 0.3) is 0 Å². The molecular weight excluding hydrogens is 258 g/mol. The molecule has 1 atom stereocenters. The Morgan fingerprint density at radius 1 is 1.47 bits per heavy atom. The molecule has 0 aromatic heterocycles. The average Bonchev–Trinajstić information content (AvgIpc) is 2.09. The second-order valence-electron chi connectivity index (χ2n) is 4.58. The van der Waals surface area contributed by atoms with Crippen LogP contribution >= 0.6 is 15.9 Å². The van der Waals surface area contributed by atoms with Crippen molar-refractivity contribution in [1.82, 2.24) is 5.32 Å². The number of carbonyl (C=O) groups excluding carboxylic acids is 1. The minimum atomic E-state index is -0.411. The second kappa shape index (κ2) is 7.09. The maximum atomic E-state index is 11.2. The van der Waals surface area contributed by atoms with Crippen LogP contribution in [-0.2, 0) is 4.74 Å². The molecule has 0 fully saturated rings. The van der Waals surface area contributed by atoms with E-state index >= 15 is 0 Å². The fourth-order valence-corrected chi connectivity index (χ4v) is 1.36. The van der Waals surface area contributed by atoms with Crippen LogP contribution in [-0.4, -0.2) is 23.1 Å². The summed E-state index contributed by atoms with van der Waals surface area (Å²) in [5.74, 6) is 0. The lowest BCUT2D eigenvalue weighted by atomic mass is 10.2. The Hall–Kier alpha value is -0.250. The standard InChI is InChI=1S/C11H22BrNO2/c1-5-9(12)7-6-8-13-10(14)15-11(2,3)4/h9H,5-8H2,1-4H3,(H,13,14). The van der Waals surface area contributed by atoms with E-state index in [1.54, 1.807) is 0 Å². The molecule has 0 aliphatic rings. The van der Waals surface area contributed by atoms with Gasteiger partial charge in [-0.3, -0.25) is 0 Å². The van der Waals surface area contributed by atoms with Crippen LogP contribution in [0, 0.1) is 0 Å². The predicted octanol–water partition coefficient (Wildman–Crippen LogP) is 3.46. The monoisotopic (exact) mass is 279 g/mol. The molecule has 0 rings (SSSR count). The fourth-order valence-electron chi connectivity index (χ4n) is 1.03. The highest BCUT2D eigenvalue weighted by molar-refractivity contribution is 9.09. The first-order valence-electron chi connectivity index (χ1n) is 5.46. The van der Waals surface area contributed by atoms with Gasteiger partial charge in [-0.25, -0.2) is 4.79 Å². The molecule has 90 valence electrons. The molecule has 0 aromatic carbocycles. The average molecular weight is 280 g/mol. The van der Waals surface area contributed by atoms with E-state index in [2.05, 4.69) is 28.2 Å². The van der Waals surface area contributed by atoms with E-state index < -0.39 is 5.60 Å². The summed E-state index contributed by atoms with van der Waals surface area (Å²) in [5, 5.41) is 2.74. The van der Waals surface area contributed by atoms with Crippen LogP contribution in [0.5, 0.6) is 0 Å². The molecule has 15 heavy (non-hydrogen) atoms. The summed E-state index contributed by atoms with van der Waals surface area (Å²) in [6.45, 7) is 8.40. The maximum Gasteiger partial charge on any atom is 0.407 e. The molecule has 3 nitrogen and oxygen atoms in total. The summed E-state index contributed by atoms with van der Waals surface area (Å²) in [5.41, 5.74) is -0.411. The highest BCUT2D eigenvalue weighted by Gasteiger charge is 2.15. The second-order valence-corrected chi connectivity index (χ2v) is 5.87. The molecule has 1 N–H and O–H groups in total. The van der Waals surface area contributed by atoms with Crippen molar-refractivity contribution in [3.63, 3.8) is 0 Å². The summed E-state index contributed by atoms with van der Waals surface area (Å²) in [7, 11) is 0. The lowest BCUT2D eigenvalue weighted by Gasteiger charge is -2.19.